The first-order chi connectivity index (χ1) is 13.3. The highest BCUT2D eigenvalue weighted by atomic mass is 19.4. The van der Waals surface area contributed by atoms with E-state index in [1.54, 1.807) is 24.3 Å². The van der Waals surface area contributed by atoms with Crippen LogP contribution in [0.3, 0.4) is 0 Å². The van der Waals surface area contributed by atoms with Crippen LogP contribution in [-0.2, 0) is 17.4 Å². The van der Waals surface area contributed by atoms with Crippen LogP contribution in [0, 0.1) is 0 Å². The zero-order valence-corrected chi connectivity index (χ0v) is 14.9. The number of carbonyl (C=O) groups excluding carboxylic acids is 2. The monoisotopic (exact) mass is 389 g/mol. The molecule has 1 amide bonds. The van der Waals surface area contributed by atoms with Crippen LogP contribution >= 0.6 is 0 Å². The number of alkyl halides is 3. The second-order valence-corrected chi connectivity index (χ2v) is 6.30. The van der Waals surface area contributed by atoms with Crippen molar-refractivity contribution < 1.29 is 22.8 Å². The molecular formula is C20H18F3N3O2. The SMILES string of the molecule is O=C(CCC(=O)c1ccccc1)NCCc1cn2cc(C(F)(F)F)ccc2n1. The average Bonchev–Trinajstić information content (AvgIpc) is 3.08. The van der Waals surface area contributed by atoms with Gasteiger partial charge in [-0.25, -0.2) is 4.98 Å². The van der Waals surface area contributed by atoms with Crippen LogP contribution in [0.25, 0.3) is 5.65 Å². The van der Waals surface area contributed by atoms with E-state index in [0.717, 1.165) is 12.3 Å². The lowest BCUT2D eigenvalue weighted by Gasteiger charge is -2.05. The minimum atomic E-state index is -4.41. The summed E-state index contributed by atoms with van der Waals surface area (Å²) in [6.07, 6.45) is -1.35. The summed E-state index contributed by atoms with van der Waals surface area (Å²) >= 11 is 0. The topological polar surface area (TPSA) is 63.5 Å². The Kier molecular flexibility index (Phi) is 5.77. The van der Waals surface area contributed by atoms with Gasteiger partial charge < -0.3 is 9.72 Å². The number of hydrogen-bond acceptors (Lipinski definition) is 3. The van der Waals surface area contributed by atoms with Crippen LogP contribution in [0.1, 0.15) is 34.5 Å². The molecule has 0 bridgehead atoms. The zero-order valence-electron chi connectivity index (χ0n) is 14.9. The number of ketones is 1. The quantitative estimate of drug-likeness (QED) is 0.627. The fraction of sp³-hybridized carbons (Fsp3) is 0.250. The van der Waals surface area contributed by atoms with E-state index in [9.17, 15) is 22.8 Å². The number of aromatic nitrogens is 2. The van der Waals surface area contributed by atoms with E-state index >= 15 is 0 Å². The van der Waals surface area contributed by atoms with Gasteiger partial charge in [0.2, 0.25) is 5.91 Å². The second kappa shape index (κ2) is 8.24. The molecule has 2 aromatic heterocycles. The van der Waals surface area contributed by atoms with Gasteiger partial charge in [0.05, 0.1) is 11.3 Å². The van der Waals surface area contributed by atoms with Gasteiger partial charge >= 0.3 is 6.18 Å². The molecule has 8 heteroatoms. The number of pyridine rings is 1. The van der Waals surface area contributed by atoms with Crippen molar-refractivity contribution in [3.05, 3.63) is 71.7 Å². The van der Waals surface area contributed by atoms with Crippen molar-refractivity contribution in [2.75, 3.05) is 6.54 Å². The third kappa shape index (κ3) is 4.97. The Labute approximate surface area is 159 Å². The Morgan fingerprint density at radius 2 is 1.75 bits per heavy atom. The largest absolute Gasteiger partial charge is 0.417 e. The minimum absolute atomic E-state index is 0.0772. The summed E-state index contributed by atoms with van der Waals surface area (Å²) in [6, 6.07) is 11.0. The number of nitrogens with zero attached hydrogens (tertiary/aromatic N) is 2. The Morgan fingerprint density at radius 3 is 2.46 bits per heavy atom. The molecule has 0 atom stereocenters. The first-order valence-corrected chi connectivity index (χ1v) is 8.73. The molecule has 0 fully saturated rings. The van der Waals surface area contributed by atoms with Crippen LogP contribution in [0.4, 0.5) is 13.2 Å². The molecule has 0 aliphatic carbocycles. The fourth-order valence-electron chi connectivity index (χ4n) is 2.75. The summed E-state index contributed by atoms with van der Waals surface area (Å²) in [4.78, 5) is 28.1. The average molecular weight is 389 g/mol. The van der Waals surface area contributed by atoms with Crippen LogP contribution < -0.4 is 5.32 Å². The highest BCUT2D eigenvalue weighted by molar-refractivity contribution is 5.97. The van der Waals surface area contributed by atoms with E-state index < -0.39 is 11.7 Å². The molecule has 5 nitrogen and oxygen atoms in total. The number of imidazole rings is 1. The lowest BCUT2D eigenvalue weighted by molar-refractivity contribution is -0.137. The first-order valence-electron chi connectivity index (χ1n) is 8.73. The maximum Gasteiger partial charge on any atom is 0.417 e. The van der Waals surface area contributed by atoms with Crippen molar-refractivity contribution in [2.45, 2.75) is 25.4 Å². The standard InChI is InChI=1S/C20H18F3N3O2/c21-20(22,23)15-6-8-18-25-16(13-26(18)12-15)10-11-24-19(28)9-7-17(27)14-4-2-1-3-5-14/h1-6,8,12-13H,7,9-11H2,(H,24,28). The van der Waals surface area contributed by atoms with E-state index in [0.29, 0.717) is 23.3 Å². The lowest BCUT2D eigenvalue weighted by Crippen LogP contribution is -2.26. The number of rotatable bonds is 7. The summed E-state index contributed by atoms with van der Waals surface area (Å²) in [6.45, 7) is 0.286. The third-order valence-electron chi connectivity index (χ3n) is 4.21. The van der Waals surface area contributed by atoms with Crippen molar-refractivity contribution in [3.8, 4) is 0 Å². The number of carbonyl (C=O) groups is 2. The molecule has 28 heavy (non-hydrogen) atoms. The Morgan fingerprint density at radius 1 is 1.00 bits per heavy atom. The van der Waals surface area contributed by atoms with E-state index in [1.807, 2.05) is 6.07 Å². The fourth-order valence-corrected chi connectivity index (χ4v) is 2.75. The van der Waals surface area contributed by atoms with Gasteiger partial charge in [-0.05, 0) is 12.1 Å². The number of amides is 1. The minimum Gasteiger partial charge on any atom is -0.356 e. The predicted octanol–water partition coefficient (Wildman–Crippen LogP) is 3.67. The maximum atomic E-state index is 12.7. The van der Waals surface area contributed by atoms with Crippen LogP contribution in [0.5, 0.6) is 0 Å². The molecule has 0 spiro atoms. The van der Waals surface area contributed by atoms with E-state index in [-0.39, 0.29) is 31.1 Å². The third-order valence-corrected chi connectivity index (χ3v) is 4.21. The number of Topliss-reactive ketones (excluding diaryl/α,β-unsaturated/α-hetero) is 1. The van der Waals surface area contributed by atoms with Gasteiger partial charge in [-0.2, -0.15) is 13.2 Å². The second-order valence-electron chi connectivity index (χ2n) is 6.30. The molecule has 146 valence electrons. The van der Waals surface area contributed by atoms with Crippen molar-refractivity contribution in [1.82, 2.24) is 14.7 Å². The van der Waals surface area contributed by atoms with Gasteiger partial charge in [0.15, 0.2) is 5.78 Å². The van der Waals surface area contributed by atoms with Gasteiger partial charge in [-0.15, -0.1) is 0 Å². The Balaban J connectivity index is 1.48. The van der Waals surface area contributed by atoms with E-state index in [1.165, 1.54) is 16.7 Å². The van der Waals surface area contributed by atoms with Crippen LogP contribution in [-0.4, -0.2) is 27.6 Å². The Hall–Kier alpha value is -3.16. The molecular weight excluding hydrogens is 371 g/mol. The van der Waals surface area contributed by atoms with Crippen molar-refractivity contribution in [3.63, 3.8) is 0 Å². The zero-order chi connectivity index (χ0) is 20.1. The number of nitrogens with one attached hydrogen (secondary N) is 1. The Bertz CT molecular complexity index is 981. The van der Waals surface area contributed by atoms with Gasteiger partial charge in [0, 0.05) is 43.8 Å². The summed E-state index contributed by atoms with van der Waals surface area (Å²) in [7, 11) is 0. The summed E-state index contributed by atoms with van der Waals surface area (Å²) in [5, 5.41) is 2.70. The van der Waals surface area contributed by atoms with E-state index in [2.05, 4.69) is 10.3 Å². The molecule has 0 radical (unpaired) electrons. The number of hydrogen-bond donors (Lipinski definition) is 1. The molecule has 3 aromatic rings. The normalized spacial score (nSPS) is 11.5. The van der Waals surface area contributed by atoms with E-state index in [4.69, 9.17) is 0 Å². The smallest absolute Gasteiger partial charge is 0.356 e. The van der Waals surface area contributed by atoms with Crippen molar-refractivity contribution in [2.24, 2.45) is 0 Å². The highest BCUT2D eigenvalue weighted by Crippen LogP contribution is 2.29. The molecule has 0 unspecified atom stereocenters. The lowest BCUT2D eigenvalue weighted by atomic mass is 10.1. The molecule has 1 aromatic carbocycles. The molecule has 1 N–H and O–H groups in total. The summed E-state index contributed by atoms with van der Waals surface area (Å²) < 4.78 is 39.6. The number of halogens is 3. The first kappa shape index (κ1) is 19.6. The van der Waals surface area contributed by atoms with Crippen LogP contribution in [0.2, 0.25) is 0 Å². The number of fused-ring (bicyclic) bond motifs is 1. The summed E-state index contributed by atoms with van der Waals surface area (Å²) in [5.74, 6) is -0.357. The number of benzene rings is 1. The molecule has 0 saturated heterocycles. The maximum absolute atomic E-state index is 12.7. The summed E-state index contributed by atoms with van der Waals surface area (Å²) in [5.41, 5.74) is 0.793. The van der Waals surface area contributed by atoms with Gasteiger partial charge in [-0.1, -0.05) is 30.3 Å². The molecule has 0 saturated carbocycles. The van der Waals surface area contributed by atoms with Gasteiger partial charge in [-0.3, -0.25) is 9.59 Å². The predicted molar refractivity (Wildman–Crippen MR) is 96.9 cm³/mol. The molecule has 3 rings (SSSR count). The van der Waals surface area contributed by atoms with Crippen LogP contribution in [0.15, 0.2) is 54.9 Å². The van der Waals surface area contributed by atoms with Crippen molar-refractivity contribution in [1.29, 1.82) is 0 Å². The molecule has 0 aliphatic heterocycles. The van der Waals surface area contributed by atoms with Gasteiger partial charge in [0.25, 0.3) is 0 Å². The van der Waals surface area contributed by atoms with Gasteiger partial charge in [0.1, 0.15) is 5.65 Å². The highest BCUT2D eigenvalue weighted by Gasteiger charge is 2.30. The molecule has 0 aliphatic rings. The molecule has 2 heterocycles. The van der Waals surface area contributed by atoms with Crippen molar-refractivity contribution >= 4 is 17.3 Å².